The molecular formula is C45H58Cl4N6O4. The fraction of sp³-hybridized carbons (Fsp3) is 0.556. The Bertz CT molecular complexity index is 1900. The summed E-state index contributed by atoms with van der Waals surface area (Å²) in [4.78, 5) is 38.5. The molecule has 59 heavy (non-hydrogen) atoms. The molecule has 3 aromatic rings. The van der Waals surface area contributed by atoms with E-state index in [4.69, 9.17) is 55.9 Å². The highest BCUT2D eigenvalue weighted by Gasteiger charge is 2.48. The van der Waals surface area contributed by atoms with Gasteiger partial charge in [0.15, 0.2) is 0 Å². The van der Waals surface area contributed by atoms with Gasteiger partial charge in [-0.1, -0.05) is 88.9 Å². The van der Waals surface area contributed by atoms with Crippen LogP contribution in [-0.4, -0.2) is 151 Å². The quantitative estimate of drug-likeness (QED) is 0.273. The Morgan fingerprint density at radius 1 is 0.576 bits per heavy atom. The van der Waals surface area contributed by atoms with Crippen molar-refractivity contribution in [1.29, 1.82) is 0 Å². The molecule has 3 aromatic carbocycles. The molecule has 10 nitrogen and oxygen atoms in total. The molecule has 0 radical (unpaired) electrons. The van der Waals surface area contributed by atoms with Crippen LogP contribution in [-0.2, 0) is 38.4 Å². The SMILES string of the molecule is O=C(Cc1ccc(Cl)c(Cl)c1)N1CCN(Cc2ccccc2)[C@@H]2COC[C@H](N3CCCC3)[C@H]21.O=C(Cc1ccc(Cl)c(Cl)c1)N1CCN[C@@H]2COC[C@H](N3CCCC3)[C@H]21.[HH]. The Balaban J connectivity index is 0.000000183. The molecule has 14 heteroatoms. The Morgan fingerprint density at radius 2 is 1.10 bits per heavy atom. The standard InChI is InChI=1S/C26H31Cl2N3O2.C19H25Cl2N3O2.H2/c27-21-9-8-20(14-22(21)28)15-25(32)31-13-12-30(16-19-6-2-1-3-7-19)24-18-33-17-23(26(24)31)29-10-4-5-11-29;20-14-4-3-13(9-15(14)21)10-18(25)24-8-5-22-16-11-26-12-17(19(16)24)23-6-1-2-7-23;/h1-3,6-9,14,23-24,26H,4-5,10-13,15-18H2;3-4,9,16-17,19,22H,1-2,5-8,10-12H2;1H/t23-,24+,26+;16-,17+,19+;/m01./s1. The molecule has 6 saturated heterocycles. The maximum Gasteiger partial charge on any atom is 0.227 e. The summed E-state index contributed by atoms with van der Waals surface area (Å²) >= 11 is 24.4. The van der Waals surface area contributed by atoms with Gasteiger partial charge in [-0.3, -0.25) is 24.3 Å². The zero-order chi connectivity index (χ0) is 40.9. The third kappa shape index (κ3) is 10.3. The first-order chi connectivity index (χ1) is 28.7. The molecule has 0 saturated carbocycles. The zero-order valence-corrected chi connectivity index (χ0v) is 36.7. The van der Waals surface area contributed by atoms with Gasteiger partial charge in [0.05, 0.1) is 95.6 Å². The topological polar surface area (TPSA) is 80.8 Å². The summed E-state index contributed by atoms with van der Waals surface area (Å²) in [6.45, 7) is 11.1. The Hall–Kier alpha value is -2.48. The fourth-order valence-corrected chi connectivity index (χ4v) is 10.8. The predicted octanol–water partition coefficient (Wildman–Crippen LogP) is 6.56. The van der Waals surface area contributed by atoms with Crippen LogP contribution in [0.25, 0.3) is 0 Å². The first-order valence-electron chi connectivity index (χ1n) is 21.3. The smallest absolute Gasteiger partial charge is 0.227 e. The van der Waals surface area contributed by atoms with Gasteiger partial charge in [0.2, 0.25) is 11.8 Å². The highest BCUT2D eigenvalue weighted by Crippen LogP contribution is 2.32. The molecule has 9 rings (SSSR count). The lowest BCUT2D eigenvalue weighted by molar-refractivity contribution is -0.153. The minimum absolute atomic E-state index is 0. The lowest BCUT2D eigenvalue weighted by Crippen LogP contribution is -2.71. The molecule has 0 bridgehead atoms. The number of ether oxygens (including phenoxy) is 2. The van der Waals surface area contributed by atoms with Crippen molar-refractivity contribution < 1.29 is 20.5 Å². The van der Waals surface area contributed by atoms with E-state index in [0.29, 0.717) is 59.4 Å². The number of halogens is 4. The van der Waals surface area contributed by atoms with Crippen LogP contribution in [0, 0.1) is 0 Å². The van der Waals surface area contributed by atoms with Crippen molar-refractivity contribution in [2.24, 2.45) is 0 Å². The third-order valence-electron chi connectivity index (χ3n) is 13.1. The van der Waals surface area contributed by atoms with E-state index < -0.39 is 0 Å². The van der Waals surface area contributed by atoms with Gasteiger partial charge in [-0.25, -0.2) is 0 Å². The first kappa shape index (κ1) is 43.2. The minimum atomic E-state index is 0. The van der Waals surface area contributed by atoms with E-state index in [-0.39, 0.29) is 49.5 Å². The van der Waals surface area contributed by atoms with Gasteiger partial charge < -0.3 is 24.6 Å². The first-order valence-corrected chi connectivity index (χ1v) is 22.9. The molecule has 6 aliphatic rings. The summed E-state index contributed by atoms with van der Waals surface area (Å²) in [5.41, 5.74) is 3.11. The maximum absolute atomic E-state index is 13.6. The second-order valence-corrected chi connectivity index (χ2v) is 18.4. The Morgan fingerprint density at radius 3 is 1.68 bits per heavy atom. The normalized spacial score (nSPS) is 27.8. The van der Waals surface area contributed by atoms with Gasteiger partial charge >= 0.3 is 0 Å². The van der Waals surface area contributed by atoms with E-state index in [9.17, 15) is 9.59 Å². The zero-order valence-electron chi connectivity index (χ0n) is 33.6. The summed E-state index contributed by atoms with van der Waals surface area (Å²) < 4.78 is 12.0. The number of benzene rings is 3. The van der Waals surface area contributed by atoms with Gasteiger partial charge in [-0.05, 0) is 92.8 Å². The van der Waals surface area contributed by atoms with Gasteiger partial charge in [-0.15, -0.1) is 0 Å². The van der Waals surface area contributed by atoms with Gasteiger partial charge in [0, 0.05) is 34.2 Å². The lowest BCUT2D eigenvalue weighted by Gasteiger charge is -2.54. The molecule has 6 aliphatic heterocycles. The summed E-state index contributed by atoms with van der Waals surface area (Å²) in [6.07, 6.45) is 5.61. The van der Waals surface area contributed by atoms with Crippen LogP contribution in [0.15, 0.2) is 66.7 Å². The molecule has 6 fully saturated rings. The number of likely N-dealkylation sites (tertiary alicyclic amines) is 2. The number of hydrogen-bond acceptors (Lipinski definition) is 8. The third-order valence-corrected chi connectivity index (χ3v) is 14.6. The molecule has 320 valence electrons. The van der Waals surface area contributed by atoms with Crippen LogP contribution in [0.3, 0.4) is 0 Å². The number of carbonyl (C=O) groups excluding carboxylic acids is 2. The monoisotopic (exact) mass is 886 g/mol. The van der Waals surface area contributed by atoms with E-state index in [2.05, 4.69) is 60.1 Å². The summed E-state index contributed by atoms with van der Waals surface area (Å²) in [5, 5.41) is 5.58. The number of fused-ring (bicyclic) bond motifs is 2. The summed E-state index contributed by atoms with van der Waals surface area (Å²) in [7, 11) is 0. The van der Waals surface area contributed by atoms with Gasteiger partial charge in [-0.2, -0.15) is 0 Å². The van der Waals surface area contributed by atoms with E-state index >= 15 is 0 Å². The number of nitrogens with zero attached hydrogens (tertiary/aromatic N) is 5. The van der Waals surface area contributed by atoms with Crippen LogP contribution < -0.4 is 5.32 Å². The molecule has 6 heterocycles. The number of piperazine rings is 2. The Kier molecular flexibility index (Phi) is 14.7. The van der Waals surface area contributed by atoms with Crippen LogP contribution in [0.2, 0.25) is 20.1 Å². The second-order valence-electron chi connectivity index (χ2n) is 16.8. The largest absolute Gasteiger partial charge is 0.378 e. The van der Waals surface area contributed by atoms with Crippen molar-refractivity contribution >= 4 is 58.2 Å². The lowest BCUT2D eigenvalue weighted by atomic mass is 9.90. The Labute approximate surface area is 370 Å². The predicted molar refractivity (Wildman–Crippen MR) is 237 cm³/mol. The molecule has 2 amide bonds. The van der Waals surface area contributed by atoms with E-state index in [1.54, 1.807) is 18.2 Å². The van der Waals surface area contributed by atoms with Crippen LogP contribution in [0.5, 0.6) is 0 Å². The van der Waals surface area contributed by atoms with E-state index in [1.807, 2.05) is 18.2 Å². The molecular weight excluding hydrogens is 830 g/mol. The van der Waals surface area contributed by atoms with Crippen LogP contribution in [0.4, 0.5) is 0 Å². The van der Waals surface area contributed by atoms with Crippen molar-refractivity contribution in [1.82, 2.24) is 29.8 Å². The highest BCUT2D eigenvalue weighted by atomic mass is 35.5. The molecule has 0 unspecified atom stereocenters. The van der Waals surface area contributed by atoms with E-state index in [0.717, 1.165) is 70.0 Å². The van der Waals surface area contributed by atoms with Crippen LogP contribution >= 0.6 is 46.4 Å². The molecule has 6 atom stereocenters. The van der Waals surface area contributed by atoms with Crippen LogP contribution in [0.1, 0.15) is 43.8 Å². The molecule has 0 aromatic heterocycles. The molecule has 0 aliphatic carbocycles. The fourth-order valence-electron chi connectivity index (χ4n) is 10.2. The van der Waals surface area contributed by atoms with Crippen molar-refractivity contribution in [2.75, 3.05) is 78.8 Å². The second kappa shape index (κ2) is 20.1. The van der Waals surface area contributed by atoms with E-state index in [1.165, 1.54) is 31.2 Å². The van der Waals surface area contributed by atoms with Crippen molar-refractivity contribution in [2.45, 2.75) is 81.3 Å². The van der Waals surface area contributed by atoms with Gasteiger partial charge in [0.1, 0.15) is 0 Å². The number of hydrogen-bond donors (Lipinski definition) is 1. The summed E-state index contributed by atoms with van der Waals surface area (Å²) in [5.74, 6) is 0.319. The van der Waals surface area contributed by atoms with Crippen molar-refractivity contribution in [3.8, 4) is 0 Å². The average molecular weight is 889 g/mol. The van der Waals surface area contributed by atoms with Crippen molar-refractivity contribution in [3.05, 3.63) is 104 Å². The summed E-state index contributed by atoms with van der Waals surface area (Å²) in [6, 6.07) is 22.7. The molecule has 1 N–H and O–H groups in total. The minimum Gasteiger partial charge on any atom is -0.378 e. The highest BCUT2D eigenvalue weighted by molar-refractivity contribution is 6.42. The number of carbonyl (C=O) groups is 2. The molecule has 0 spiro atoms. The number of nitrogens with one attached hydrogen (secondary N) is 1. The maximum atomic E-state index is 13.6. The van der Waals surface area contributed by atoms with Crippen molar-refractivity contribution in [3.63, 3.8) is 0 Å². The number of amides is 2. The van der Waals surface area contributed by atoms with Gasteiger partial charge in [0.25, 0.3) is 0 Å². The average Bonchev–Trinajstić information content (AvgIpc) is 4.00. The number of rotatable bonds is 8.